The minimum atomic E-state index is -1.28. The van der Waals surface area contributed by atoms with Gasteiger partial charge in [-0.15, -0.1) is 0 Å². The SMILES string of the molecule is Cc1c(O[C@H](C)C(=O)[O-])ccc2c3c(c(=O)oc12)CCCCC3. The Kier molecular flexibility index (Phi) is 4.11. The molecule has 1 aliphatic carbocycles. The summed E-state index contributed by atoms with van der Waals surface area (Å²) < 4.78 is 10.9. The average molecular weight is 315 g/mol. The van der Waals surface area contributed by atoms with Crippen molar-refractivity contribution < 1.29 is 19.1 Å². The van der Waals surface area contributed by atoms with Crippen LogP contribution in [0.15, 0.2) is 21.3 Å². The van der Waals surface area contributed by atoms with Gasteiger partial charge in [-0.25, -0.2) is 4.79 Å². The lowest BCUT2D eigenvalue weighted by Crippen LogP contribution is -2.37. The Morgan fingerprint density at radius 2 is 1.91 bits per heavy atom. The Morgan fingerprint density at radius 3 is 2.61 bits per heavy atom. The second-order valence-electron chi connectivity index (χ2n) is 6.05. The van der Waals surface area contributed by atoms with E-state index in [1.807, 2.05) is 6.07 Å². The lowest BCUT2D eigenvalue weighted by Gasteiger charge is -2.18. The predicted octanol–water partition coefficient (Wildman–Crippen LogP) is 1.89. The number of rotatable bonds is 3. The van der Waals surface area contributed by atoms with Crippen LogP contribution in [-0.4, -0.2) is 12.1 Å². The number of hydrogen-bond acceptors (Lipinski definition) is 5. The molecule has 5 nitrogen and oxygen atoms in total. The van der Waals surface area contributed by atoms with Crippen molar-refractivity contribution in [1.29, 1.82) is 0 Å². The van der Waals surface area contributed by atoms with Crippen LogP contribution >= 0.6 is 0 Å². The van der Waals surface area contributed by atoms with Gasteiger partial charge in [-0.2, -0.15) is 0 Å². The number of aliphatic carboxylic acids is 1. The van der Waals surface area contributed by atoms with Crippen molar-refractivity contribution in [3.05, 3.63) is 39.2 Å². The molecule has 0 unspecified atom stereocenters. The Balaban J connectivity index is 2.15. The summed E-state index contributed by atoms with van der Waals surface area (Å²) in [5, 5.41) is 11.8. The van der Waals surface area contributed by atoms with E-state index in [0.717, 1.165) is 48.6 Å². The molecule has 5 heteroatoms. The van der Waals surface area contributed by atoms with Crippen molar-refractivity contribution in [2.24, 2.45) is 0 Å². The van der Waals surface area contributed by atoms with Gasteiger partial charge >= 0.3 is 5.63 Å². The number of fused-ring (bicyclic) bond motifs is 3. The van der Waals surface area contributed by atoms with E-state index in [1.165, 1.54) is 6.92 Å². The highest BCUT2D eigenvalue weighted by molar-refractivity contribution is 5.86. The molecule has 0 saturated heterocycles. The molecule has 1 aromatic carbocycles. The Hall–Kier alpha value is -2.30. The molecule has 1 heterocycles. The van der Waals surface area contributed by atoms with Crippen molar-refractivity contribution in [3.63, 3.8) is 0 Å². The molecular formula is C18H19O5-. The number of carboxylic acid groups (broad SMARTS) is 1. The molecule has 0 aliphatic heterocycles. The minimum Gasteiger partial charge on any atom is -0.546 e. The fraction of sp³-hybridized carbons (Fsp3) is 0.444. The lowest BCUT2D eigenvalue weighted by atomic mass is 9.98. The zero-order chi connectivity index (χ0) is 16.6. The van der Waals surface area contributed by atoms with Crippen molar-refractivity contribution in [2.45, 2.75) is 52.1 Å². The molecule has 1 aliphatic rings. The van der Waals surface area contributed by atoms with Gasteiger partial charge in [0.2, 0.25) is 0 Å². The molecule has 122 valence electrons. The summed E-state index contributed by atoms with van der Waals surface area (Å²) in [6.07, 6.45) is 3.73. The summed E-state index contributed by atoms with van der Waals surface area (Å²) in [6.45, 7) is 3.18. The second-order valence-corrected chi connectivity index (χ2v) is 6.05. The standard InChI is InChI=1S/C18H20O5/c1-10-15(22-11(2)17(19)20)9-8-13-12-6-4-3-5-7-14(12)18(21)23-16(10)13/h8-9,11H,3-7H2,1-2H3,(H,19,20)/p-1/t11-/m1/s1. The van der Waals surface area contributed by atoms with E-state index in [1.54, 1.807) is 13.0 Å². The highest BCUT2D eigenvalue weighted by Crippen LogP contribution is 2.32. The molecule has 0 N–H and O–H groups in total. The van der Waals surface area contributed by atoms with Gasteiger partial charge in [-0.05, 0) is 57.2 Å². The number of benzene rings is 1. The molecule has 0 bridgehead atoms. The van der Waals surface area contributed by atoms with Crippen LogP contribution in [0.5, 0.6) is 5.75 Å². The molecule has 1 aromatic heterocycles. The largest absolute Gasteiger partial charge is 0.546 e. The van der Waals surface area contributed by atoms with E-state index in [-0.39, 0.29) is 5.63 Å². The van der Waals surface area contributed by atoms with Gasteiger partial charge in [-0.1, -0.05) is 6.42 Å². The quantitative estimate of drug-likeness (QED) is 0.638. The molecule has 1 atom stereocenters. The topological polar surface area (TPSA) is 79.6 Å². The Labute approximate surface area is 133 Å². The molecule has 3 rings (SSSR count). The first-order valence-electron chi connectivity index (χ1n) is 7.94. The Bertz CT molecular complexity index is 818. The van der Waals surface area contributed by atoms with Crippen LogP contribution in [-0.2, 0) is 17.6 Å². The average Bonchev–Trinajstić information content (AvgIpc) is 2.77. The van der Waals surface area contributed by atoms with Crippen molar-refractivity contribution in [2.75, 3.05) is 0 Å². The van der Waals surface area contributed by atoms with E-state index in [0.29, 0.717) is 16.9 Å². The van der Waals surface area contributed by atoms with Crippen LogP contribution in [0.4, 0.5) is 0 Å². The molecule has 23 heavy (non-hydrogen) atoms. The van der Waals surface area contributed by atoms with E-state index >= 15 is 0 Å². The maximum Gasteiger partial charge on any atom is 0.339 e. The zero-order valence-corrected chi connectivity index (χ0v) is 13.3. The second kappa shape index (κ2) is 6.07. The maximum atomic E-state index is 12.3. The van der Waals surface area contributed by atoms with Gasteiger partial charge in [0.15, 0.2) is 0 Å². The molecule has 2 aromatic rings. The third-order valence-electron chi connectivity index (χ3n) is 4.48. The monoisotopic (exact) mass is 315 g/mol. The normalized spacial score (nSPS) is 15.7. The van der Waals surface area contributed by atoms with Crippen molar-refractivity contribution >= 4 is 16.9 Å². The molecule has 0 fully saturated rings. The number of ether oxygens (including phenoxy) is 1. The fourth-order valence-electron chi connectivity index (χ4n) is 3.17. The molecular weight excluding hydrogens is 296 g/mol. The number of carbonyl (C=O) groups excluding carboxylic acids is 1. The summed E-state index contributed by atoms with van der Waals surface area (Å²) in [7, 11) is 0. The minimum absolute atomic E-state index is 0.289. The Morgan fingerprint density at radius 1 is 1.22 bits per heavy atom. The van der Waals surface area contributed by atoms with Gasteiger partial charge in [0.25, 0.3) is 0 Å². The van der Waals surface area contributed by atoms with Crippen molar-refractivity contribution in [3.8, 4) is 5.75 Å². The summed E-state index contributed by atoms with van der Waals surface area (Å²) >= 11 is 0. The van der Waals surface area contributed by atoms with Crippen LogP contribution in [0.3, 0.4) is 0 Å². The summed E-state index contributed by atoms with van der Waals surface area (Å²) in [6, 6.07) is 3.59. The van der Waals surface area contributed by atoms with Gasteiger partial charge in [-0.3, -0.25) is 0 Å². The van der Waals surface area contributed by atoms with Gasteiger partial charge in [0.05, 0.1) is 5.97 Å². The first kappa shape index (κ1) is 15.6. The highest BCUT2D eigenvalue weighted by Gasteiger charge is 2.19. The molecule has 0 radical (unpaired) electrons. The fourth-order valence-corrected chi connectivity index (χ4v) is 3.17. The third-order valence-corrected chi connectivity index (χ3v) is 4.48. The number of aryl methyl sites for hydroxylation is 2. The van der Waals surface area contributed by atoms with Crippen molar-refractivity contribution in [1.82, 2.24) is 0 Å². The van der Waals surface area contributed by atoms with E-state index in [9.17, 15) is 14.7 Å². The van der Waals surface area contributed by atoms with Gasteiger partial charge in [0.1, 0.15) is 17.4 Å². The van der Waals surface area contributed by atoms with Gasteiger partial charge in [0, 0.05) is 16.5 Å². The first-order chi connectivity index (χ1) is 11.0. The smallest absolute Gasteiger partial charge is 0.339 e. The van der Waals surface area contributed by atoms with Crippen LogP contribution in [0.25, 0.3) is 11.0 Å². The van der Waals surface area contributed by atoms with Crippen LogP contribution in [0.1, 0.15) is 42.9 Å². The highest BCUT2D eigenvalue weighted by atomic mass is 16.5. The van der Waals surface area contributed by atoms with Crippen LogP contribution in [0.2, 0.25) is 0 Å². The summed E-state index contributed by atoms with van der Waals surface area (Å²) in [5.74, 6) is -0.890. The summed E-state index contributed by atoms with van der Waals surface area (Å²) in [4.78, 5) is 23.2. The molecule has 0 spiro atoms. The predicted molar refractivity (Wildman–Crippen MR) is 83.6 cm³/mol. The molecule has 0 saturated carbocycles. The summed E-state index contributed by atoms with van der Waals surface area (Å²) in [5.41, 5.74) is 2.68. The van der Waals surface area contributed by atoms with Crippen LogP contribution < -0.4 is 15.5 Å². The third kappa shape index (κ3) is 2.83. The first-order valence-corrected chi connectivity index (χ1v) is 7.94. The zero-order valence-electron chi connectivity index (χ0n) is 13.3. The number of carboxylic acids is 1. The van der Waals surface area contributed by atoms with E-state index < -0.39 is 12.1 Å². The van der Waals surface area contributed by atoms with E-state index in [2.05, 4.69) is 0 Å². The van der Waals surface area contributed by atoms with Crippen LogP contribution in [0, 0.1) is 6.92 Å². The van der Waals surface area contributed by atoms with Gasteiger partial charge < -0.3 is 19.1 Å². The maximum absolute atomic E-state index is 12.3. The number of hydrogen-bond donors (Lipinski definition) is 0. The van der Waals surface area contributed by atoms with E-state index in [4.69, 9.17) is 9.15 Å². The number of carbonyl (C=O) groups is 1. The lowest BCUT2D eigenvalue weighted by molar-refractivity contribution is -0.312. The molecule has 0 amide bonds.